The number of hydrogen-bond donors (Lipinski definition) is 1. The van der Waals surface area contributed by atoms with E-state index in [4.69, 9.17) is 0 Å². The summed E-state index contributed by atoms with van der Waals surface area (Å²) < 4.78 is 0. The van der Waals surface area contributed by atoms with Crippen LogP contribution in [0.4, 0.5) is 5.69 Å². The number of carbonyl (C=O) groups excluding carboxylic acids is 2. The first-order valence-corrected chi connectivity index (χ1v) is 5.35. The summed E-state index contributed by atoms with van der Waals surface area (Å²) in [6.45, 7) is 1.43. The van der Waals surface area contributed by atoms with E-state index in [2.05, 4.69) is 15.3 Å². The number of aromatic nitrogens is 2. The monoisotopic (exact) mass is 241 g/mol. The molecule has 0 radical (unpaired) electrons. The van der Waals surface area contributed by atoms with Crippen molar-refractivity contribution >= 4 is 17.4 Å². The lowest BCUT2D eigenvalue weighted by Crippen LogP contribution is -2.12. The Labute approximate surface area is 104 Å². The number of carbonyl (C=O) groups is 2. The van der Waals surface area contributed by atoms with Gasteiger partial charge in [-0.1, -0.05) is 0 Å². The Kier molecular flexibility index (Phi) is 3.43. The lowest BCUT2D eigenvalue weighted by molar-refractivity contribution is 0.100. The van der Waals surface area contributed by atoms with Gasteiger partial charge < -0.3 is 5.32 Å². The highest BCUT2D eigenvalue weighted by Crippen LogP contribution is 2.07. The molecule has 5 nitrogen and oxygen atoms in total. The van der Waals surface area contributed by atoms with Gasteiger partial charge in [-0.2, -0.15) is 0 Å². The van der Waals surface area contributed by atoms with E-state index in [0.29, 0.717) is 16.9 Å². The zero-order valence-corrected chi connectivity index (χ0v) is 9.75. The first kappa shape index (κ1) is 11.9. The van der Waals surface area contributed by atoms with Crippen LogP contribution < -0.4 is 5.32 Å². The van der Waals surface area contributed by atoms with Gasteiger partial charge in [0, 0.05) is 31.2 Å². The second-order valence-electron chi connectivity index (χ2n) is 3.68. The lowest BCUT2D eigenvalue weighted by atomic mass is 10.2. The van der Waals surface area contributed by atoms with E-state index in [0.717, 1.165) is 0 Å². The molecule has 0 saturated carbocycles. The fraction of sp³-hybridized carbons (Fsp3) is 0.0769. The maximum absolute atomic E-state index is 11.8. The van der Waals surface area contributed by atoms with Gasteiger partial charge in [0.2, 0.25) is 0 Å². The summed E-state index contributed by atoms with van der Waals surface area (Å²) in [6.07, 6.45) is 4.56. The van der Waals surface area contributed by atoms with Gasteiger partial charge in [-0.3, -0.25) is 19.6 Å². The molecule has 0 aliphatic heterocycles. The highest BCUT2D eigenvalue weighted by Gasteiger charge is 2.07. The molecule has 1 amide bonds. The molecule has 0 atom stereocenters. The van der Waals surface area contributed by atoms with Crippen molar-refractivity contribution in [3.63, 3.8) is 0 Å². The molecule has 2 aromatic rings. The molecule has 2 rings (SSSR count). The zero-order chi connectivity index (χ0) is 13.0. The third-order valence-electron chi connectivity index (χ3n) is 2.32. The average molecular weight is 241 g/mol. The normalized spacial score (nSPS) is 9.83. The van der Waals surface area contributed by atoms with E-state index in [1.54, 1.807) is 30.6 Å². The van der Waals surface area contributed by atoms with Crippen LogP contribution in [0.3, 0.4) is 0 Å². The summed E-state index contributed by atoms with van der Waals surface area (Å²) in [4.78, 5) is 30.7. The van der Waals surface area contributed by atoms with Gasteiger partial charge >= 0.3 is 0 Å². The Hall–Kier alpha value is -2.56. The number of anilines is 1. The van der Waals surface area contributed by atoms with E-state index in [9.17, 15) is 9.59 Å². The van der Waals surface area contributed by atoms with Crippen molar-refractivity contribution in [3.05, 3.63) is 54.1 Å². The number of hydrogen-bond acceptors (Lipinski definition) is 4. The van der Waals surface area contributed by atoms with Gasteiger partial charge in [0.25, 0.3) is 5.91 Å². The third-order valence-corrected chi connectivity index (χ3v) is 2.32. The molecular formula is C13H11N3O2. The Bertz CT molecular complexity index is 565. The van der Waals surface area contributed by atoms with Gasteiger partial charge in [-0.25, -0.2) is 0 Å². The largest absolute Gasteiger partial charge is 0.322 e. The molecule has 18 heavy (non-hydrogen) atoms. The minimum absolute atomic E-state index is 0.129. The molecule has 0 unspecified atom stereocenters. The second kappa shape index (κ2) is 5.18. The van der Waals surface area contributed by atoms with Crippen molar-refractivity contribution in [2.45, 2.75) is 6.92 Å². The summed E-state index contributed by atoms with van der Waals surface area (Å²) in [5, 5.41) is 2.70. The van der Waals surface area contributed by atoms with Crippen LogP contribution in [-0.2, 0) is 0 Å². The third kappa shape index (κ3) is 2.76. The molecule has 2 aromatic heterocycles. The van der Waals surface area contributed by atoms with Crippen LogP contribution in [0.1, 0.15) is 27.8 Å². The van der Waals surface area contributed by atoms with E-state index in [1.807, 2.05) is 0 Å². The molecule has 0 fully saturated rings. The maximum Gasteiger partial charge on any atom is 0.257 e. The van der Waals surface area contributed by atoms with Crippen molar-refractivity contribution in [3.8, 4) is 0 Å². The smallest absolute Gasteiger partial charge is 0.257 e. The summed E-state index contributed by atoms with van der Waals surface area (Å²) >= 11 is 0. The van der Waals surface area contributed by atoms with Crippen LogP contribution in [0.15, 0.2) is 42.9 Å². The van der Waals surface area contributed by atoms with Gasteiger partial charge in [0.15, 0.2) is 5.78 Å². The predicted octanol–water partition coefficient (Wildman–Crippen LogP) is 1.93. The first-order chi connectivity index (χ1) is 8.66. The highest BCUT2D eigenvalue weighted by atomic mass is 16.1. The molecule has 90 valence electrons. The van der Waals surface area contributed by atoms with Crippen molar-refractivity contribution < 1.29 is 9.59 Å². The topological polar surface area (TPSA) is 72.0 Å². The number of amides is 1. The molecule has 0 aliphatic rings. The quantitative estimate of drug-likeness (QED) is 0.833. The van der Waals surface area contributed by atoms with Crippen LogP contribution in [0.25, 0.3) is 0 Å². The Morgan fingerprint density at radius 3 is 2.39 bits per heavy atom. The number of nitrogens with one attached hydrogen (secondary N) is 1. The van der Waals surface area contributed by atoms with Gasteiger partial charge in [0.1, 0.15) is 5.69 Å². The maximum atomic E-state index is 11.8. The van der Waals surface area contributed by atoms with Gasteiger partial charge in [-0.05, 0) is 24.3 Å². The van der Waals surface area contributed by atoms with Crippen LogP contribution >= 0.6 is 0 Å². The van der Waals surface area contributed by atoms with Crippen molar-refractivity contribution in [1.82, 2.24) is 9.97 Å². The SMILES string of the molecule is CC(=O)c1ccc(C(=O)Nc2ccncc2)cn1. The van der Waals surface area contributed by atoms with E-state index in [-0.39, 0.29) is 11.7 Å². The molecule has 0 spiro atoms. The molecular weight excluding hydrogens is 230 g/mol. The summed E-state index contributed by atoms with van der Waals surface area (Å²) in [6, 6.07) is 6.48. The van der Waals surface area contributed by atoms with Crippen molar-refractivity contribution in [1.29, 1.82) is 0 Å². The second-order valence-corrected chi connectivity index (χ2v) is 3.68. The van der Waals surface area contributed by atoms with Crippen molar-refractivity contribution in [2.75, 3.05) is 5.32 Å². The molecule has 0 aromatic carbocycles. The Balaban J connectivity index is 2.12. The lowest BCUT2D eigenvalue weighted by Gasteiger charge is -2.04. The molecule has 0 bridgehead atoms. The zero-order valence-electron chi connectivity index (χ0n) is 9.75. The van der Waals surface area contributed by atoms with Crippen molar-refractivity contribution in [2.24, 2.45) is 0 Å². The van der Waals surface area contributed by atoms with Crippen LogP contribution in [-0.4, -0.2) is 21.7 Å². The number of nitrogens with zero attached hydrogens (tertiary/aromatic N) is 2. The summed E-state index contributed by atoms with van der Waals surface area (Å²) in [5.41, 5.74) is 1.40. The molecule has 1 N–H and O–H groups in total. The number of ketones is 1. The molecule has 5 heteroatoms. The van der Waals surface area contributed by atoms with Gasteiger partial charge in [0.05, 0.1) is 5.56 Å². The minimum Gasteiger partial charge on any atom is -0.322 e. The van der Waals surface area contributed by atoms with E-state index >= 15 is 0 Å². The molecule has 0 saturated heterocycles. The number of Topliss-reactive ketones (excluding diaryl/α,β-unsaturated/α-hetero) is 1. The highest BCUT2D eigenvalue weighted by molar-refractivity contribution is 6.04. The standard InChI is InChI=1S/C13H11N3O2/c1-9(17)12-3-2-10(8-15-12)13(18)16-11-4-6-14-7-5-11/h2-8H,1H3,(H,14,16,18). The summed E-state index contributed by atoms with van der Waals surface area (Å²) in [5.74, 6) is -0.403. The number of rotatable bonds is 3. The molecule has 2 heterocycles. The van der Waals surface area contributed by atoms with E-state index in [1.165, 1.54) is 19.2 Å². The number of pyridine rings is 2. The van der Waals surface area contributed by atoms with Crippen LogP contribution in [0.5, 0.6) is 0 Å². The minimum atomic E-state index is -0.274. The first-order valence-electron chi connectivity index (χ1n) is 5.35. The van der Waals surface area contributed by atoms with Gasteiger partial charge in [-0.15, -0.1) is 0 Å². The fourth-order valence-corrected chi connectivity index (χ4v) is 1.37. The average Bonchev–Trinajstić information content (AvgIpc) is 2.40. The van der Waals surface area contributed by atoms with E-state index < -0.39 is 0 Å². The Morgan fingerprint density at radius 1 is 1.11 bits per heavy atom. The summed E-state index contributed by atoms with van der Waals surface area (Å²) in [7, 11) is 0. The van der Waals surface area contributed by atoms with Crippen LogP contribution in [0.2, 0.25) is 0 Å². The predicted molar refractivity (Wildman–Crippen MR) is 66.4 cm³/mol. The molecule has 0 aliphatic carbocycles. The van der Waals surface area contributed by atoms with Crippen LogP contribution in [0, 0.1) is 0 Å². The fourth-order valence-electron chi connectivity index (χ4n) is 1.37. The Morgan fingerprint density at radius 2 is 1.83 bits per heavy atom.